The second-order valence-electron chi connectivity index (χ2n) is 6.27. The zero-order chi connectivity index (χ0) is 19.6. The molecule has 0 aliphatic heterocycles. The first-order valence-electron chi connectivity index (χ1n) is 9.01. The molecule has 28 heavy (non-hydrogen) atoms. The number of thiophene rings is 1. The first kappa shape index (κ1) is 20.0. The highest BCUT2D eigenvalue weighted by atomic mass is 32.1. The Morgan fingerprint density at radius 2 is 1.82 bits per heavy atom. The summed E-state index contributed by atoms with van der Waals surface area (Å²) >= 11 is 7.28. The molecule has 5 nitrogen and oxygen atoms in total. The van der Waals surface area contributed by atoms with Gasteiger partial charge in [-0.25, -0.2) is 4.98 Å². The lowest BCUT2D eigenvalue weighted by Gasteiger charge is -2.25. The van der Waals surface area contributed by atoms with Crippen molar-refractivity contribution in [2.45, 2.75) is 19.6 Å². The molecule has 7 heteroatoms. The van der Waals surface area contributed by atoms with Gasteiger partial charge in [0.15, 0.2) is 17.5 Å². The highest BCUT2D eigenvalue weighted by Crippen LogP contribution is 2.14. The average molecular weight is 412 g/mol. The third-order valence-corrected chi connectivity index (χ3v) is 5.36. The summed E-state index contributed by atoms with van der Waals surface area (Å²) in [5.41, 5.74) is 2.19. The molecule has 2 aromatic heterocycles. The maximum atomic E-state index is 12.2. The Bertz CT molecular complexity index is 870. The number of benzene rings is 1. The molecule has 0 unspecified atom stereocenters. The highest BCUT2D eigenvalue weighted by molar-refractivity contribution is 7.80. The largest absolute Gasteiger partial charge is 0.353 e. The SMILES string of the molecule is O=C(CNC(=S)N(Cc1ccccc1)Cc1cccs1)NCc1ccc[nH+]c1. The number of aromatic nitrogens is 1. The fraction of sp³-hybridized carbons (Fsp3) is 0.190. The molecule has 3 N–H and O–H groups in total. The van der Waals surface area contributed by atoms with Crippen LogP contribution in [0.25, 0.3) is 0 Å². The van der Waals surface area contributed by atoms with Gasteiger partial charge in [-0.05, 0) is 35.3 Å². The van der Waals surface area contributed by atoms with Gasteiger partial charge in [0.1, 0.15) is 0 Å². The Morgan fingerprint density at radius 1 is 1.00 bits per heavy atom. The maximum absolute atomic E-state index is 12.2. The van der Waals surface area contributed by atoms with Crippen LogP contribution in [0.1, 0.15) is 16.0 Å². The van der Waals surface area contributed by atoms with Crippen molar-refractivity contribution in [1.29, 1.82) is 0 Å². The third-order valence-electron chi connectivity index (χ3n) is 4.09. The summed E-state index contributed by atoms with van der Waals surface area (Å²) in [6.45, 7) is 2.02. The lowest BCUT2D eigenvalue weighted by molar-refractivity contribution is -0.378. The Kier molecular flexibility index (Phi) is 7.52. The first-order valence-corrected chi connectivity index (χ1v) is 10.3. The van der Waals surface area contributed by atoms with Crippen molar-refractivity contribution in [3.63, 3.8) is 0 Å². The number of nitrogens with one attached hydrogen (secondary N) is 3. The van der Waals surface area contributed by atoms with Crippen molar-refractivity contribution >= 4 is 34.6 Å². The zero-order valence-electron chi connectivity index (χ0n) is 15.4. The molecule has 3 aromatic rings. The van der Waals surface area contributed by atoms with Gasteiger partial charge < -0.3 is 15.5 Å². The number of carbonyl (C=O) groups excluding carboxylic acids is 1. The standard InChI is InChI=1S/C21H22N4OS2/c26-20(23-13-18-8-4-10-22-12-18)14-24-21(27)25(16-19-9-5-11-28-19)15-17-6-2-1-3-7-17/h1-12H,13-16H2,(H,23,26)(H,24,27)/p+1. The topological polar surface area (TPSA) is 58.5 Å². The molecule has 0 atom stereocenters. The molecule has 1 aromatic carbocycles. The van der Waals surface area contributed by atoms with E-state index in [1.807, 2.05) is 48.8 Å². The molecule has 0 saturated carbocycles. The predicted octanol–water partition coefficient (Wildman–Crippen LogP) is 2.76. The zero-order valence-corrected chi connectivity index (χ0v) is 17.1. The molecule has 0 aliphatic rings. The molecule has 144 valence electrons. The van der Waals surface area contributed by atoms with Crippen LogP contribution >= 0.6 is 23.6 Å². The van der Waals surface area contributed by atoms with Crippen LogP contribution in [0, 0.1) is 0 Å². The second kappa shape index (κ2) is 10.5. The van der Waals surface area contributed by atoms with E-state index in [-0.39, 0.29) is 12.5 Å². The van der Waals surface area contributed by atoms with Gasteiger partial charge in [0.25, 0.3) is 0 Å². The van der Waals surface area contributed by atoms with Crippen LogP contribution in [0.4, 0.5) is 0 Å². The van der Waals surface area contributed by atoms with E-state index in [0.29, 0.717) is 24.7 Å². The van der Waals surface area contributed by atoms with Crippen molar-refractivity contribution in [2.75, 3.05) is 6.54 Å². The van der Waals surface area contributed by atoms with E-state index < -0.39 is 0 Å². The van der Waals surface area contributed by atoms with Crippen LogP contribution in [0.5, 0.6) is 0 Å². The van der Waals surface area contributed by atoms with Crippen LogP contribution in [-0.4, -0.2) is 22.5 Å². The molecule has 1 amide bonds. The summed E-state index contributed by atoms with van der Waals surface area (Å²) < 4.78 is 0. The Morgan fingerprint density at radius 3 is 2.54 bits per heavy atom. The first-order chi connectivity index (χ1) is 13.7. The Balaban J connectivity index is 1.53. The molecule has 0 saturated heterocycles. The average Bonchev–Trinajstić information content (AvgIpc) is 3.25. The van der Waals surface area contributed by atoms with Gasteiger partial charge in [-0.15, -0.1) is 11.3 Å². The van der Waals surface area contributed by atoms with Gasteiger partial charge in [-0.1, -0.05) is 36.4 Å². The fourth-order valence-electron chi connectivity index (χ4n) is 2.67. The maximum Gasteiger partial charge on any atom is 0.239 e. The van der Waals surface area contributed by atoms with Crippen LogP contribution in [0.3, 0.4) is 0 Å². The number of aromatic amines is 1. The van der Waals surface area contributed by atoms with Crippen LogP contribution < -0.4 is 15.6 Å². The molecule has 0 bridgehead atoms. The molecule has 0 aliphatic carbocycles. The van der Waals surface area contributed by atoms with Gasteiger partial charge >= 0.3 is 0 Å². The van der Waals surface area contributed by atoms with Gasteiger partial charge in [-0.2, -0.15) is 0 Å². The van der Waals surface area contributed by atoms with Gasteiger partial charge in [0.2, 0.25) is 5.91 Å². The lowest BCUT2D eigenvalue weighted by Crippen LogP contribution is -2.43. The number of H-pyrrole nitrogens is 1. The van der Waals surface area contributed by atoms with Gasteiger partial charge in [0, 0.05) is 29.6 Å². The summed E-state index contributed by atoms with van der Waals surface area (Å²) in [7, 11) is 0. The Hall–Kier alpha value is -2.77. The minimum Gasteiger partial charge on any atom is -0.353 e. The number of thiocarbonyl (C=S) groups is 1. The second-order valence-corrected chi connectivity index (χ2v) is 7.69. The number of pyridine rings is 1. The quantitative estimate of drug-likeness (QED) is 0.560. The van der Waals surface area contributed by atoms with Crippen molar-refractivity contribution in [3.8, 4) is 0 Å². The van der Waals surface area contributed by atoms with E-state index in [0.717, 1.165) is 5.56 Å². The normalized spacial score (nSPS) is 10.3. The monoisotopic (exact) mass is 411 g/mol. The number of carbonyl (C=O) groups is 1. The number of hydrogen-bond acceptors (Lipinski definition) is 3. The molecular formula is C21H23N4OS2+. The van der Waals surface area contributed by atoms with E-state index in [4.69, 9.17) is 12.2 Å². The minimum absolute atomic E-state index is 0.0954. The molecule has 0 fully saturated rings. The molecule has 0 spiro atoms. The van der Waals surface area contributed by atoms with E-state index in [9.17, 15) is 4.79 Å². The summed E-state index contributed by atoms with van der Waals surface area (Å²) in [4.78, 5) is 18.5. The highest BCUT2D eigenvalue weighted by Gasteiger charge is 2.13. The van der Waals surface area contributed by atoms with Crippen LogP contribution in [0.15, 0.2) is 72.4 Å². The van der Waals surface area contributed by atoms with Crippen LogP contribution in [0.2, 0.25) is 0 Å². The van der Waals surface area contributed by atoms with Crippen molar-refractivity contribution in [2.24, 2.45) is 0 Å². The summed E-state index contributed by atoms with van der Waals surface area (Å²) in [5, 5.41) is 8.61. The fourth-order valence-corrected chi connectivity index (χ4v) is 3.59. The molecule has 0 radical (unpaired) electrons. The Labute approximate surface area is 174 Å². The molecule has 2 heterocycles. The van der Waals surface area contributed by atoms with E-state index in [1.54, 1.807) is 11.3 Å². The smallest absolute Gasteiger partial charge is 0.239 e. The van der Waals surface area contributed by atoms with Crippen LogP contribution in [-0.2, 0) is 24.4 Å². The van der Waals surface area contributed by atoms with Gasteiger partial charge in [-0.3, -0.25) is 4.79 Å². The number of nitrogens with zero attached hydrogens (tertiary/aromatic N) is 1. The van der Waals surface area contributed by atoms with Crippen molar-refractivity contribution in [1.82, 2.24) is 15.5 Å². The van der Waals surface area contributed by atoms with Crippen molar-refractivity contribution < 1.29 is 9.78 Å². The molecule has 3 rings (SSSR count). The van der Waals surface area contributed by atoms with E-state index >= 15 is 0 Å². The number of hydrogen-bond donors (Lipinski definition) is 2. The van der Waals surface area contributed by atoms with Crippen molar-refractivity contribution in [3.05, 3.63) is 88.4 Å². The molecular weight excluding hydrogens is 388 g/mol. The van der Waals surface area contributed by atoms with E-state index in [1.165, 1.54) is 10.4 Å². The van der Waals surface area contributed by atoms with E-state index in [2.05, 4.69) is 44.1 Å². The summed E-state index contributed by atoms with van der Waals surface area (Å²) in [6, 6.07) is 18.2. The predicted molar refractivity (Wildman–Crippen MR) is 115 cm³/mol. The summed E-state index contributed by atoms with van der Waals surface area (Å²) in [5.74, 6) is -0.0954. The third kappa shape index (κ3) is 6.44. The minimum atomic E-state index is -0.0954. The lowest BCUT2D eigenvalue weighted by atomic mass is 10.2. The summed E-state index contributed by atoms with van der Waals surface area (Å²) in [6.07, 6.45) is 3.70. The van der Waals surface area contributed by atoms with Gasteiger partial charge in [0.05, 0.1) is 13.1 Å². The number of amides is 1. The number of rotatable bonds is 8.